The fourth-order valence-corrected chi connectivity index (χ4v) is 3.15. The van der Waals surface area contributed by atoms with Gasteiger partial charge in [-0.15, -0.1) is 0 Å². The van der Waals surface area contributed by atoms with E-state index < -0.39 is 0 Å². The number of hydrogen-bond acceptors (Lipinski definition) is 3. The smallest absolute Gasteiger partial charge is 0.198 e. The second-order valence-corrected chi connectivity index (χ2v) is 5.96. The Hall–Kier alpha value is -1.39. The predicted octanol–water partition coefficient (Wildman–Crippen LogP) is 5.07. The molecule has 2 heterocycles. The third kappa shape index (κ3) is 2.65. The van der Waals surface area contributed by atoms with Gasteiger partial charge in [-0.05, 0) is 56.9 Å². The highest BCUT2D eigenvalue weighted by molar-refractivity contribution is 9.10. The normalized spacial score (nSPS) is 11.0. The molecule has 0 fully saturated rings. The fourth-order valence-electron chi connectivity index (χ4n) is 1.98. The number of ketones is 1. The van der Waals surface area contributed by atoms with Gasteiger partial charge in [0.05, 0.1) is 4.47 Å². The number of thiophene rings is 1. The molecule has 0 radical (unpaired) electrons. The first-order valence-electron chi connectivity index (χ1n) is 5.96. The SMILES string of the molecule is O=C(CCc1ccsc1)c1cc2cccc(Br)c2o1. The first-order valence-corrected chi connectivity index (χ1v) is 7.70. The Labute approximate surface area is 123 Å². The maximum Gasteiger partial charge on any atom is 0.198 e. The number of aryl methyl sites for hydroxylation is 1. The topological polar surface area (TPSA) is 30.2 Å². The Morgan fingerprint density at radius 2 is 2.21 bits per heavy atom. The van der Waals surface area contributed by atoms with Crippen molar-refractivity contribution in [3.63, 3.8) is 0 Å². The molecule has 0 aliphatic rings. The summed E-state index contributed by atoms with van der Waals surface area (Å²) in [6, 6.07) is 9.65. The summed E-state index contributed by atoms with van der Waals surface area (Å²) in [5.74, 6) is 0.492. The zero-order valence-corrected chi connectivity index (χ0v) is 12.5. The van der Waals surface area contributed by atoms with Crippen LogP contribution in [-0.2, 0) is 6.42 Å². The standard InChI is InChI=1S/C15H11BrO2S/c16-12-3-1-2-11-8-14(18-15(11)12)13(17)5-4-10-6-7-19-9-10/h1-3,6-9H,4-5H2. The van der Waals surface area contributed by atoms with E-state index in [1.165, 1.54) is 5.56 Å². The zero-order chi connectivity index (χ0) is 13.2. The predicted molar refractivity (Wildman–Crippen MR) is 80.9 cm³/mol. The molecule has 2 aromatic heterocycles. The Balaban J connectivity index is 1.80. The number of carbonyl (C=O) groups excluding carboxylic acids is 1. The van der Waals surface area contributed by atoms with Crippen LogP contribution < -0.4 is 0 Å². The molecule has 96 valence electrons. The van der Waals surface area contributed by atoms with Crippen LogP contribution in [0.15, 0.2) is 50.0 Å². The second kappa shape index (κ2) is 5.31. The van der Waals surface area contributed by atoms with Gasteiger partial charge in [-0.3, -0.25) is 4.79 Å². The highest BCUT2D eigenvalue weighted by Crippen LogP contribution is 2.27. The van der Waals surface area contributed by atoms with Crippen molar-refractivity contribution in [3.8, 4) is 0 Å². The van der Waals surface area contributed by atoms with Crippen LogP contribution in [0.2, 0.25) is 0 Å². The summed E-state index contributed by atoms with van der Waals surface area (Å²) in [5.41, 5.74) is 1.94. The van der Waals surface area contributed by atoms with Crippen LogP contribution >= 0.6 is 27.3 Å². The summed E-state index contributed by atoms with van der Waals surface area (Å²) >= 11 is 5.08. The first-order chi connectivity index (χ1) is 9.24. The van der Waals surface area contributed by atoms with Crippen LogP contribution in [-0.4, -0.2) is 5.78 Å². The number of furan rings is 1. The molecular formula is C15H11BrO2S. The lowest BCUT2D eigenvalue weighted by molar-refractivity contribution is 0.0958. The van der Waals surface area contributed by atoms with Crippen molar-refractivity contribution in [2.24, 2.45) is 0 Å². The van der Waals surface area contributed by atoms with Gasteiger partial charge in [0.25, 0.3) is 0 Å². The third-order valence-electron chi connectivity index (χ3n) is 2.99. The molecule has 19 heavy (non-hydrogen) atoms. The van der Waals surface area contributed by atoms with Crippen molar-refractivity contribution in [3.05, 3.63) is 56.9 Å². The lowest BCUT2D eigenvalue weighted by atomic mass is 10.1. The van der Waals surface area contributed by atoms with Crippen LogP contribution in [0.3, 0.4) is 0 Å². The summed E-state index contributed by atoms with van der Waals surface area (Å²) in [4.78, 5) is 12.1. The molecule has 3 aromatic rings. The van der Waals surface area contributed by atoms with Crippen molar-refractivity contribution in [2.75, 3.05) is 0 Å². The highest BCUT2D eigenvalue weighted by Gasteiger charge is 2.13. The van der Waals surface area contributed by atoms with E-state index in [2.05, 4.69) is 21.3 Å². The van der Waals surface area contributed by atoms with Crippen LogP contribution in [0, 0.1) is 0 Å². The summed E-state index contributed by atoms with van der Waals surface area (Å²) in [6.07, 6.45) is 1.24. The summed E-state index contributed by atoms with van der Waals surface area (Å²) < 4.78 is 6.51. The van der Waals surface area contributed by atoms with Gasteiger partial charge in [0, 0.05) is 11.8 Å². The number of halogens is 1. The van der Waals surface area contributed by atoms with Crippen LogP contribution in [0.4, 0.5) is 0 Å². The van der Waals surface area contributed by atoms with Gasteiger partial charge in [0.2, 0.25) is 0 Å². The molecule has 0 unspecified atom stereocenters. The van der Waals surface area contributed by atoms with Crippen molar-refractivity contribution >= 4 is 44.0 Å². The average molecular weight is 335 g/mol. The highest BCUT2D eigenvalue weighted by atomic mass is 79.9. The lowest BCUT2D eigenvalue weighted by Crippen LogP contribution is -1.98. The Kier molecular flexibility index (Phi) is 3.53. The number of hydrogen-bond donors (Lipinski definition) is 0. The van der Waals surface area contributed by atoms with Crippen LogP contribution in [0.5, 0.6) is 0 Å². The molecule has 0 amide bonds. The molecule has 4 heteroatoms. The average Bonchev–Trinajstić information content (AvgIpc) is 3.05. The van der Waals surface area contributed by atoms with E-state index in [-0.39, 0.29) is 5.78 Å². The van der Waals surface area contributed by atoms with E-state index in [4.69, 9.17) is 4.42 Å². The molecule has 0 saturated heterocycles. The van der Waals surface area contributed by atoms with Gasteiger partial charge < -0.3 is 4.42 Å². The second-order valence-electron chi connectivity index (χ2n) is 4.32. The Bertz CT molecular complexity index is 713. The van der Waals surface area contributed by atoms with Gasteiger partial charge in [-0.1, -0.05) is 12.1 Å². The van der Waals surface area contributed by atoms with Crippen molar-refractivity contribution < 1.29 is 9.21 Å². The molecule has 3 rings (SSSR count). The van der Waals surface area contributed by atoms with Crippen molar-refractivity contribution in [1.29, 1.82) is 0 Å². The summed E-state index contributed by atoms with van der Waals surface area (Å²) in [6.45, 7) is 0. The lowest BCUT2D eigenvalue weighted by Gasteiger charge is -1.95. The maximum absolute atomic E-state index is 12.1. The van der Waals surface area contributed by atoms with Crippen molar-refractivity contribution in [2.45, 2.75) is 12.8 Å². The molecule has 0 aliphatic carbocycles. The minimum atomic E-state index is 0.0503. The van der Waals surface area contributed by atoms with E-state index in [1.807, 2.05) is 35.7 Å². The number of fused-ring (bicyclic) bond motifs is 1. The molecule has 0 aliphatic heterocycles. The summed E-state index contributed by atoms with van der Waals surface area (Å²) in [7, 11) is 0. The molecule has 0 spiro atoms. The van der Waals surface area contributed by atoms with Crippen LogP contribution in [0.1, 0.15) is 22.5 Å². The molecule has 1 aromatic carbocycles. The quantitative estimate of drug-likeness (QED) is 0.623. The number of para-hydroxylation sites is 1. The van der Waals surface area contributed by atoms with Gasteiger partial charge in [-0.25, -0.2) is 0 Å². The molecule has 0 saturated carbocycles. The first kappa shape index (κ1) is 12.6. The zero-order valence-electron chi connectivity index (χ0n) is 10.1. The Morgan fingerprint density at radius 3 is 2.95 bits per heavy atom. The van der Waals surface area contributed by atoms with E-state index in [1.54, 1.807) is 11.3 Å². The fraction of sp³-hybridized carbons (Fsp3) is 0.133. The summed E-state index contributed by atoms with van der Waals surface area (Å²) in [5, 5.41) is 5.05. The Morgan fingerprint density at radius 1 is 1.32 bits per heavy atom. The molecule has 0 atom stereocenters. The third-order valence-corrected chi connectivity index (χ3v) is 4.35. The minimum Gasteiger partial charge on any atom is -0.452 e. The number of carbonyl (C=O) groups is 1. The monoisotopic (exact) mass is 334 g/mol. The van der Waals surface area contributed by atoms with Gasteiger partial charge >= 0.3 is 0 Å². The molecular weight excluding hydrogens is 324 g/mol. The van der Waals surface area contributed by atoms with Gasteiger partial charge in [0.1, 0.15) is 5.58 Å². The molecule has 0 bridgehead atoms. The van der Waals surface area contributed by atoms with E-state index in [0.29, 0.717) is 12.2 Å². The maximum atomic E-state index is 12.1. The van der Waals surface area contributed by atoms with E-state index in [0.717, 1.165) is 21.9 Å². The number of Topliss-reactive ketones (excluding diaryl/α,β-unsaturated/α-hetero) is 1. The van der Waals surface area contributed by atoms with Crippen LogP contribution in [0.25, 0.3) is 11.0 Å². The molecule has 2 nitrogen and oxygen atoms in total. The largest absolute Gasteiger partial charge is 0.452 e. The van der Waals surface area contributed by atoms with Gasteiger partial charge in [0.15, 0.2) is 11.5 Å². The van der Waals surface area contributed by atoms with E-state index in [9.17, 15) is 4.79 Å². The van der Waals surface area contributed by atoms with Gasteiger partial charge in [-0.2, -0.15) is 11.3 Å². The number of benzene rings is 1. The van der Waals surface area contributed by atoms with Crippen molar-refractivity contribution in [1.82, 2.24) is 0 Å². The van der Waals surface area contributed by atoms with E-state index >= 15 is 0 Å². The number of rotatable bonds is 4. The minimum absolute atomic E-state index is 0.0503. The molecule has 0 N–H and O–H groups in total.